The first-order valence-electron chi connectivity index (χ1n) is 28.8. The van der Waals surface area contributed by atoms with Crippen molar-refractivity contribution in [3.63, 3.8) is 0 Å². The summed E-state index contributed by atoms with van der Waals surface area (Å²) in [6, 6.07) is -5.96. The second-order valence-electron chi connectivity index (χ2n) is 21.0. The molecule has 4 rings (SSSR count). The van der Waals surface area contributed by atoms with Crippen LogP contribution in [-0.2, 0) is 80.9 Å². The minimum atomic E-state index is -1.51. The van der Waals surface area contributed by atoms with E-state index >= 15 is 0 Å². The van der Waals surface area contributed by atoms with Crippen LogP contribution in [0.5, 0.6) is 0 Å². The quantitative estimate of drug-likeness (QED) is 0.0255. The van der Waals surface area contributed by atoms with Crippen LogP contribution in [0.3, 0.4) is 0 Å². The van der Waals surface area contributed by atoms with E-state index < -0.39 is 171 Å². The largest absolute Gasteiger partial charge is 0.394 e. The third kappa shape index (κ3) is 24.5. The highest BCUT2D eigenvalue weighted by Crippen LogP contribution is 2.27. The van der Waals surface area contributed by atoms with Crippen molar-refractivity contribution in [3.8, 4) is 0 Å². The van der Waals surface area contributed by atoms with Gasteiger partial charge in [0.25, 0.3) is 0 Å². The molecule has 0 aromatic carbocycles. The molecule has 34 heteroatoms. The fourth-order valence-corrected chi connectivity index (χ4v) is 9.75. The van der Waals surface area contributed by atoms with Crippen molar-refractivity contribution in [3.05, 3.63) is 0 Å². The van der Waals surface area contributed by atoms with Gasteiger partial charge >= 0.3 is 0 Å². The van der Waals surface area contributed by atoms with Crippen LogP contribution in [0.25, 0.3) is 0 Å². The SMILES string of the molecule is COC1CCC(C(=O)NC(CCC(=O)NC(CCC(=O)NCCOCCOC2OC(CO)C(O)C(O)C2NC(C)=O)C(=O)NCCOCCOC2OC(CO)C(O)C(O)C2N)C(=O)NCCOCCOC2OC(CO)C(O)C(O)C2NC(C)=O)CC1. The van der Waals surface area contributed by atoms with E-state index in [-0.39, 0.29) is 111 Å². The highest BCUT2D eigenvalue weighted by atomic mass is 16.7. The summed E-state index contributed by atoms with van der Waals surface area (Å²) in [5.74, 6) is -4.47. The maximum Gasteiger partial charge on any atom is 0.242 e. The molecule has 17 unspecified atom stereocenters. The molecule has 0 bridgehead atoms. The number of hydrogen-bond acceptors (Lipinski definition) is 27. The molecule has 18 N–H and O–H groups in total. The Morgan fingerprint density at radius 2 is 0.895 bits per heavy atom. The summed E-state index contributed by atoms with van der Waals surface area (Å²) in [4.78, 5) is 91.1. The van der Waals surface area contributed by atoms with Crippen LogP contribution in [0, 0.1) is 5.92 Å². The molecule has 1 saturated carbocycles. The van der Waals surface area contributed by atoms with Crippen LogP contribution < -0.4 is 43.0 Å². The Morgan fingerprint density at radius 1 is 0.500 bits per heavy atom. The summed E-state index contributed by atoms with van der Waals surface area (Å²) in [7, 11) is 1.59. The molecule has 7 amide bonds. The first-order chi connectivity index (χ1) is 41.1. The van der Waals surface area contributed by atoms with Gasteiger partial charge in [0.1, 0.15) is 79.1 Å². The number of nitrogens with two attached hydrogens (primary N) is 1. The lowest BCUT2D eigenvalue weighted by atomic mass is 9.86. The number of carbonyl (C=O) groups is 7. The lowest BCUT2D eigenvalue weighted by Gasteiger charge is -2.42. The van der Waals surface area contributed by atoms with Crippen molar-refractivity contribution >= 4 is 41.4 Å². The lowest BCUT2D eigenvalue weighted by Crippen LogP contribution is -2.64. The topological polar surface area (TPSA) is 504 Å². The van der Waals surface area contributed by atoms with Crippen molar-refractivity contribution < 1.29 is 127 Å². The molecule has 3 saturated heterocycles. The van der Waals surface area contributed by atoms with E-state index in [4.69, 9.17) is 53.1 Å². The number of aliphatic hydroxyl groups is 9. The van der Waals surface area contributed by atoms with Gasteiger partial charge < -0.3 is 136 Å². The molecule has 0 aromatic heterocycles. The van der Waals surface area contributed by atoms with Gasteiger partial charge in [0.15, 0.2) is 18.9 Å². The lowest BCUT2D eigenvalue weighted by molar-refractivity contribution is -0.272. The molecule has 1 aliphatic carbocycles. The van der Waals surface area contributed by atoms with E-state index in [2.05, 4.69) is 37.2 Å². The predicted octanol–water partition coefficient (Wildman–Crippen LogP) is -9.18. The van der Waals surface area contributed by atoms with E-state index in [1.54, 1.807) is 7.11 Å². The summed E-state index contributed by atoms with van der Waals surface area (Å²) >= 11 is 0. The predicted molar refractivity (Wildman–Crippen MR) is 291 cm³/mol. The number of methoxy groups -OCH3 is 1. The number of amides is 7. The van der Waals surface area contributed by atoms with Crippen molar-refractivity contribution in [2.75, 3.05) is 106 Å². The van der Waals surface area contributed by atoms with Crippen LogP contribution >= 0.6 is 0 Å². The Bertz CT molecular complexity index is 2050. The maximum absolute atomic E-state index is 13.7. The smallest absolute Gasteiger partial charge is 0.242 e. The van der Waals surface area contributed by atoms with Crippen LogP contribution in [0.15, 0.2) is 0 Å². The molecule has 86 heavy (non-hydrogen) atoms. The molecule has 34 nitrogen and oxygen atoms in total. The molecular weight excluding hydrogens is 1150 g/mol. The number of nitrogens with one attached hydrogen (secondary N) is 7. The van der Waals surface area contributed by atoms with Gasteiger partial charge in [-0.1, -0.05) is 0 Å². The molecule has 0 spiro atoms. The Kier molecular flexibility index (Phi) is 34.0. The molecule has 4 fully saturated rings. The zero-order valence-corrected chi connectivity index (χ0v) is 48.8. The molecule has 0 radical (unpaired) electrons. The fourth-order valence-electron chi connectivity index (χ4n) is 9.75. The zero-order valence-electron chi connectivity index (χ0n) is 48.8. The van der Waals surface area contributed by atoms with Gasteiger partial charge in [0.05, 0.1) is 91.4 Å². The van der Waals surface area contributed by atoms with Gasteiger partial charge in [-0.05, 0) is 38.5 Å². The summed E-state index contributed by atoms with van der Waals surface area (Å²) in [6.07, 6.45) is -14.9. The summed E-state index contributed by atoms with van der Waals surface area (Å²) in [6.45, 7) is -0.201. The van der Waals surface area contributed by atoms with Crippen LogP contribution in [-0.4, -0.2) is 303 Å². The highest BCUT2D eigenvalue weighted by molar-refractivity contribution is 5.90. The summed E-state index contributed by atoms with van der Waals surface area (Å²) in [5, 5.41) is 109. The minimum absolute atomic E-state index is 0.00392. The third-order valence-electron chi connectivity index (χ3n) is 14.6. The Morgan fingerprint density at radius 3 is 1.33 bits per heavy atom. The van der Waals surface area contributed by atoms with Crippen molar-refractivity contribution in [2.45, 2.75) is 175 Å². The second-order valence-corrected chi connectivity index (χ2v) is 21.0. The van der Waals surface area contributed by atoms with Gasteiger partial charge in [0.2, 0.25) is 41.4 Å². The average molecular weight is 1250 g/mol. The van der Waals surface area contributed by atoms with E-state index in [1.807, 2.05) is 0 Å². The van der Waals surface area contributed by atoms with Gasteiger partial charge in [-0.25, -0.2) is 0 Å². The Balaban J connectivity index is 1.30. The third-order valence-corrected chi connectivity index (χ3v) is 14.6. The molecule has 4 aliphatic rings. The standard InChI is InChI=1S/C52H92N8O26/c1-27(64)57-39-45(72)42(69)34(25-62)85-51(39)82-22-19-78-15-12-54-36(66)10-8-31(48(75)55-13-16-79-18-21-81-50-38(53)44(71)41(68)33(24-61)84-50)59-37(67)11-9-32(60-47(74)29-4-6-30(77-3)7-5-29)49(76)56-14-17-80-20-23-83-52-40(58-28(2)65)46(73)43(70)35(26-63)86-52/h29-35,38-46,50-52,61-63,68-73H,4-26,53H2,1-3H3,(H,54,66)(H,55,75)(H,56,76)(H,57,64)(H,58,65)(H,59,67)(H,60,74). The fraction of sp³-hybridized carbons (Fsp3) is 0.865. The Hall–Kier alpha value is -4.51. The summed E-state index contributed by atoms with van der Waals surface area (Å²) < 4.78 is 55.4. The van der Waals surface area contributed by atoms with E-state index in [0.717, 1.165) is 0 Å². The second kappa shape index (κ2) is 39.5. The van der Waals surface area contributed by atoms with Gasteiger partial charge in [-0.2, -0.15) is 0 Å². The molecule has 0 aromatic rings. The van der Waals surface area contributed by atoms with Crippen LogP contribution in [0.1, 0.15) is 65.2 Å². The van der Waals surface area contributed by atoms with Crippen molar-refractivity contribution in [1.82, 2.24) is 37.2 Å². The number of carbonyl (C=O) groups excluding carboxylic acids is 7. The average Bonchev–Trinajstić information content (AvgIpc) is 1.64. The van der Waals surface area contributed by atoms with E-state index in [9.17, 15) is 79.5 Å². The molecule has 3 aliphatic heterocycles. The van der Waals surface area contributed by atoms with Crippen LogP contribution in [0.2, 0.25) is 0 Å². The van der Waals surface area contributed by atoms with Crippen LogP contribution in [0.4, 0.5) is 0 Å². The zero-order chi connectivity index (χ0) is 63.3. The number of rotatable bonds is 38. The van der Waals surface area contributed by atoms with Crippen molar-refractivity contribution in [2.24, 2.45) is 11.7 Å². The van der Waals surface area contributed by atoms with Crippen molar-refractivity contribution in [1.29, 1.82) is 0 Å². The first-order valence-corrected chi connectivity index (χ1v) is 28.8. The molecule has 3 heterocycles. The Labute approximate surface area is 497 Å². The number of ether oxygens (including phenoxy) is 10. The maximum atomic E-state index is 13.7. The molecule has 496 valence electrons. The van der Waals surface area contributed by atoms with E-state index in [1.165, 1.54) is 13.8 Å². The van der Waals surface area contributed by atoms with Gasteiger partial charge in [-0.3, -0.25) is 33.6 Å². The summed E-state index contributed by atoms with van der Waals surface area (Å²) in [5.41, 5.74) is 5.91. The van der Waals surface area contributed by atoms with E-state index in [0.29, 0.717) is 25.7 Å². The minimum Gasteiger partial charge on any atom is -0.394 e. The highest BCUT2D eigenvalue weighted by Gasteiger charge is 2.47. The normalized spacial score (nSPS) is 30.9. The monoisotopic (exact) mass is 1240 g/mol. The molecular formula is C52H92N8O26. The number of hydrogen-bond donors (Lipinski definition) is 17. The van der Waals surface area contributed by atoms with Gasteiger partial charge in [0, 0.05) is 59.4 Å². The number of aliphatic hydroxyl groups excluding tert-OH is 9. The van der Waals surface area contributed by atoms with Gasteiger partial charge in [-0.15, -0.1) is 0 Å². The molecule has 17 atom stereocenters. The first kappa shape index (κ1) is 74.0.